The second kappa shape index (κ2) is 6.87. The van der Waals surface area contributed by atoms with Gasteiger partial charge >= 0.3 is 0 Å². The number of alkyl halides is 1. The quantitative estimate of drug-likeness (QED) is 0.591. The lowest BCUT2D eigenvalue weighted by Gasteiger charge is -2.33. The standard InChI is InChI=1S/C17H17ClOS/c1-2-19-16(20)17(13-18,14-9-5-3-6-10-14)15-11-7-4-8-12-15/h3-12H,2,13H2,1H3. The molecule has 2 aromatic carbocycles. The van der Waals surface area contributed by atoms with E-state index in [2.05, 4.69) is 0 Å². The predicted molar refractivity (Wildman–Crippen MR) is 88.6 cm³/mol. The molecule has 0 aromatic heterocycles. The molecule has 0 aliphatic carbocycles. The van der Waals surface area contributed by atoms with Crippen molar-refractivity contribution in [3.05, 3.63) is 71.8 Å². The summed E-state index contributed by atoms with van der Waals surface area (Å²) in [5.74, 6) is 0.347. The lowest BCUT2D eigenvalue weighted by atomic mass is 9.76. The molecule has 0 unspecified atom stereocenters. The molecule has 0 atom stereocenters. The molecule has 1 nitrogen and oxygen atoms in total. The molecule has 104 valence electrons. The summed E-state index contributed by atoms with van der Waals surface area (Å²) in [7, 11) is 0. The second-order valence-electron chi connectivity index (χ2n) is 4.49. The van der Waals surface area contributed by atoms with Crippen LogP contribution in [0.25, 0.3) is 0 Å². The topological polar surface area (TPSA) is 9.23 Å². The molecule has 0 N–H and O–H groups in total. The molecule has 0 saturated heterocycles. The Hall–Kier alpha value is -1.38. The van der Waals surface area contributed by atoms with Crippen LogP contribution in [-0.4, -0.2) is 17.5 Å². The van der Waals surface area contributed by atoms with E-state index in [-0.39, 0.29) is 0 Å². The largest absolute Gasteiger partial charge is 0.486 e. The molecule has 0 heterocycles. The number of halogens is 1. The average molecular weight is 305 g/mol. The molecule has 2 rings (SSSR count). The van der Waals surface area contributed by atoms with Gasteiger partial charge in [0.2, 0.25) is 0 Å². The third-order valence-corrected chi connectivity index (χ3v) is 4.22. The Morgan fingerprint density at radius 1 is 1.00 bits per heavy atom. The molecule has 0 amide bonds. The first-order valence-corrected chi connectivity index (χ1v) is 7.54. The van der Waals surface area contributed by atoms with Gasteiger partial charge in [-0.3, -0.25) is 0 Å². The van der Waals surface area contributed by atoms with Crippen molar-refractivity contribution < 1.29 is 4.74 Å². The summed E-state index contributed by atoms with van der Waals surface area (Å²) >= 11 is 11.9. The van der Waals surface area contributed by atoms with Crippen LogP contribution in [0.5, 0.6) is 0 Å². The van der Waals surface area contributed by atoms with Crippen molar-refractivity contribution in [2.45, 2.75) is 12.3 Å². The van der Waals surface area contributed by atoms with Gasteiger partial charge in [-0.1, -0.05) is 60.7 Å². The van der Waals surface area contributed by atoms with Crippen molar-refractivity contribution in [3.63, 3.8) is 0 Å². The fraction of sp³-hybridized carbons (Fsp3) is 0.235. The van der Waals surface area contributed by atoms with Gasteiger partial charge in [-0.05, 0) is 30.3 Å². The van der Waals surface area contributed by atoms with E-state index in [0.29, 0.717) is 17.5 Å². The molecule has 0 saturated carbocycles. The number of ether oxygens (including phenoxy) is 1. The third kappa shape index (κ3) is 2.72. The number of hydrogen-bond acceptors (Lipinski definition) is 2. The Morgan fingerprint density at radius 3 is 1.80 bits per heavy atom. The van der Waals surface area contributed by atoms with Crippen LogP contribution in [-0.2, 0) is 10.2 Å². The molecule has 3 heteroatoms. The summed E-state index contributed by atoms with van der Waals surface area (Å²) < 4.78 is 5.65. The van der Waals surface area contributed by atoms with Crippen LogP contribution in [0.3, 0.4) is 0 Å². The molecule has 0 bridgehead atoms. The van der Waals surface area contributed by atoms with Crippen LogP contribution in [0.1, 0.15) is 18.1 Å². The van der Waals surface area contributed by atoms with E-state index >= 15 is 0 Å². The zero-order valence-corrected chi connectivity index (χ0v) is 13.0. The first-order chi connectivity index (χ1) is 9.75. The highest BCUT2D eigenvalue weighted by Gasteiger charge is 2.39. The van der Waals surface area contributed by atoms with Crippen LogP contribution in [0.15, 0.2) is 60.7 Å². The SMILES string of the molecule is CCOC(=S)C(CCl)(c1ccccc1)c1ccccc1. The fourth-order valence-corrected chi connectivity index (χ4v) is 3.25. The highest BCUT2D eigenvalue weighted by atomic mass is 35.5. The van der Waals surface area contributed by atoms with Crippen molar-refractivity contribution in [1.29, 1.82) is 0 Å². The average Bonchev–Trinajstić information content (AvgIpc) is 2.51. The first-order valence-electron chi connectivity index (χ1n) is 6.60. The van der Waals surface area contributed by atoms with Gasteiger partial charge in [0.1, 0.15) is 5.41 Å². The zero-order valence-electron chi connectivity index (χ0n) is 11.4. The summed E-state index contributed by atoms with van der Waals surface area (Å²) in [6, 6.07) is 20.1. The minimum atomic E-state index is -0.588. The van der Waals surface area contributed by atoms with E-state index in [4.69, 9.17) is 28.6 Å². The van der Waals surface area contributed by atoms with Gasteiger partial charge < -0.3 is 4.74 Å². The second-order valence-corrected chi connectivity index (χ2v) is 5.13. The van der Waals surface area contributed by atoms with Gasteiger partial charge in [0.25, 0.3) is 0 Å². The highest BCUT2D eigenvalue weighted by Crippen LogP contribution is 2.36. The smallest absolute Gasteiger partial charge is 0.175 e. The summed E-state index contributed by atoms with van der Waals surface area (Å²) in [5.41, 5.74) is 1.52. The molecule has 20 heavy (non-hydrogen) atoms. The minimum absolute atomic E-state index is 0.347. The Kier molecular flexibility index (Phi) is 5.16. The maximum Gasteiger partial charge on any atom is 0.175 e. The van der Waals surface area contributed by atoms with Crippen LogP contribution >= 0.6 is 23.8 Å². The summed E-state index contributed by atoms with van der Waals surface area (Å²) in [5, 5.41) is 0.521. The number of benzene rings is 2. The number of thiocarbonyl (C=S) groups is 1. The van der Waals surface area contributed by atoms with E-state index in [1.54, 1.807) is 0 Å². The first kappa shape index (κ1) is 15.0. The van der Waals surface area contributed by atoms with Gasteiger partial charge in [0.05, 0.1) is 6.61 Å². The van der Waals surface area contributed by atoms with E-state index in [1.807, 2.05) is 67.6 Å². The maximum absolute atomic E-state index is 6.36. The Balaban J connectivity index is 2.61. The van der Waals surface area contributed by atoms with Gasteiger partial charge in [-0.2, -0.15) is 0 Å². The van der Waals surface area contributed by atoms with Gasteiger partial charge in [-0.25, -0.2) is 0 Å². The Morgan fingerprint density at radius 2 is 1.45 bits per heavy atom. The maximum atomic E-state index is 6.36. The number of hydrogen-bond donors (Lipinski definition) is 0. The Bertz CT molecular complexity index is 514. The van der Waals surface area contributed by atoms with Crippen molar-refractivity contribution in [2.75, 3.05) is 12.5 Å². The van der Waals surface area contributed by atoms with Crippen LogP contribution in [0.4, 0.5) is 0 Å². The summed E-state index contributed by atoms with van der Waals surface area (Å²) in [6.07, 6.45) is 0. The van der Waals surface area contributed by atoms with E-state index in [1.165, 1.54) is 0 Å². The van der Waals surface area contributed by atoms with Gasteiger partial charge in [-0.15, -0.1) is 11.6 Å². The Labute approximate surface area is 130 Å². The third-order valence-electron chi connectivity index (χ3n) is 3.36. The van der Waals surface area contributed by atoms with E-state index < -0.39 is 5.41 Å². The van der Waals surface area contributed by atoms with Crippen molar-refractivity contribution in [2.24, 2.45) is 0 Å². The zero-order chi connectivity index (χ0) is 14.4. The van der Waals surface area contributed by atoms with Crippen molar-refractivity contribution >= 4 is 28.9 Å². The van der Waals surface area contributed by atoms with Crippen LogP contribution in [0, 0.1) is 0 Å². The lowest BCUT2D eigenvalue weighted by Crippen LogP contribution is -2.39. The van der Waals surface area contributed by atoms with Crippen LogP contribution < -0.4 is 0 Å². The van der Waals surface area contributed by atoms with Crippen molar-refractivity contribution in [1.82, 2.24) is 0 Å². The lowest BCUT2D eigenvalue weighted by molar-refractivity contribution is 0.312. The normalized spacial score (nSPS) is 11.1. The molecular formula is C17H17ClOS. The van der Waals surface area contributed by atoms with Gasteiger partial charge in [0.15, 0.2) is 5.05 Å². The molecule has 0 aliphatic heterocycles. The summed E-state index contributed by atoms with van der Waals surface area (Å²) in [6.45, 7) is 2.47. The summed E-state index contributed by atoms with van der Waals surface area (Å²) in [4.78, 5) is 0. The molecule has 2 aromatic rings. The number of rotatable bonds is 5. The van der Waals surface area contributed by atoms with Crippen LogP contribution in [0.2, 0.25) is 0 Å². The molecule has 0 spiro atoms. The minimum Gasteiger partial charge on any atom is -0.486 e. The fourth-order valence-electron chi connectivity index (χ4n) is 2.31. The highest BCUT2D eigenvalue weighted by molar-refractivity contribution is 7.80. The molecule has 0 radical (unpaired) electrons. The van der Waals surface area contributed by atoms with Gasteiger partial charge in [0, 0.05) is 5.88 Å². The predicted octanol–water partition coefficient (Wildman–Crippen LogP) is 4.58. The van der Waals surface area contributed by atoms with Crippen molar-refractivity contribution in [3.8, 4) is 0 Å². The molecule has 0 aliphatic rings. The molecular weight excluding hydrogens is 288 g/mol. The van der Waals surface area contributed by atoms with E-state index in [0.717, 1.165) is 11.1 Å². The monoisotopic (exact) mass is 304 g/mol. The molecule has 0 fully saturated rings. The van der Waals surface area contributed by atoms with E-state index in [9.17, 15) is 0 Å².